The van der Waals surface area contributed by atoms with E-state index in [2.05, 4.69) is 5.32 Å². The zero-order chi connectivity index (χ0) is 26.4. The predicted octanol–water partition coefficient (Wildman–Crippen LogP) is 6.62. The normalized spacial score (nSPS) is 19.2. The molecule has 38 heavy (non-hydrogen) atoms. The van der Waals surface area contributed by atoms with Gasteiger partial charge in [-0.15, -0.1) is 0 Å². The zero-order valence-corrected chi connectivity index (χ0v) is 22.4. The van der Waals surface area contributed by atoms with Crippen LogP contribution in [0.1, 0.15) is 33.6 Å². The van der Waals surface area contributed by atoms with E-state index in [1.807, 2.05) is 121 Å². The molecule has 0 aliphatic carbocycles. The van der Waals surface area contributed by atoms with Crippen LogP contribution in [0.25, 0.3) is 0 Å². The third kappa shape index (κ3) is 6.27. The van der Waals surface area contributed by atoms with Gasteiger partial charge in [-0.2, -0.15) is 0 Å². The number of hydrogen-bond acceptors (Lipinski definition) is 5. The molecule has 2 atom stereocenters. The third-order valence-corrected chi connectivity index (χ3v) is 11.9. The Morgan fingerprint density at radius 2 is 1.16 bits per heavy atom. The number of hydrogen-bond donors (Lipinski definition) is 1. The second kappa shape index (κ2) is 11.8. The lowest BCUT2D eigenvalue weighted by Gasteiger charge is -2.32. The second-order valence-electron chi connectivity index (χ2n) is 9.22. The molecule has 1 saturated heterocycles. The molecule has 0 saturated carbocycles. The molecule has 1 aliphatic rings. The maximum atomic E-state index is 14.2. The zero-order valence-electron chi connectivity index (χ0n) is 20.7. The summed E-state index contributed by atoms with van der Waals surface area (Å²) >= 11 is 1.30. The van der Waals surface area contributed by atoms with Gasteiger partial charge in [0, 0.05) is 6.16 Å². The van der Waals surface area contributed by atoms with Crippen molar-refractivity contribution in [1.82, 2.24) is 5.32 Å². The van der Waals surface area contributed by atoms with Crippen LogP contribution in [0.2, 0.25) is 0 Å². The number of esters is 1. The van der Waals surface area contributed by atoms with Gasteiger partial charge >= 0.3 is 5.97 Å². The number of carbonyl (C=O) groups is 2. The highest BCUT2D eigenvalue weighted by molar-refractivity contribution is 8.58. The summed E-state index contributed by atoms with van der Waals surface area (Å²) in [6, 6.07) is 37.6. The van der Waals surface area contributed by atoms with Gasteiger partial charge in [-0.25, -0.2) is 4.79 Å². The fraction of sp³-hybridized carbons (Fsp3) is 0.161. The number of nitrogens with one attached hydrogen (secondary N) is 1. The Labute approximate surface area is 226 Å². The minimum atomic E-state index is -3.15. The first kappa shape index (κ1) is 26.0. The predicted molar refractivity (Wildman–Crippen MR) is 152 cm³/mol. The number of ether oxygens (including phenoxy) is 1. The van der Waals surface area contributed by atoms with E-state index in [0.29, 0.717) is 0 Å². The van der Waals surface area contributed by atoms with Crippen molar-refractivity contribution in [2.24, 2.45) is 0 Å². The van der Waals surface area contributed by atoms with Crippen LogP contribution in [0.15, 0.2) is 121 Å². The summed E-state index contributed by atoms with van der Waals surface area (Å²) in [6.07, 6.45) is -3.87. The molecular formula is C31H28NO4PS. The third-order valence-electron chi connectivity index (χ3n) is 6.41. The largest absolute Gasteiger partial charge is 0.451 e. The molecule has 0 radical (unpaired) electrons. The summed E-state index contributed by atoms with van der Waals surface area (Å²) in [5, 5.41) is 2.50. The summed E-state index contributed by atoms with van der Waals surface area (Å²) < 4.78 is 20.2. The maximum absolute atomic E-state index is 14.2. The molecule has 7 heteroatoms. The van der Waals surface area contributed by atoms with Crippen molar-refractivity contribution in [2.75, 3.05) is 12.3 Å². The molecule has 192 valence electrons. The summed E-state index contributed by atoms with van der Waals surface area (Å²) in [5.41, 5.74) is 3.63. The summed E-state index contributed by atoms with van der Waals surface area (Å²) in [7, 11) is 0. The molecule has 5 nitrogen and oxygen atoms in total. The highest BCUT2D eigenvalue weighted by Crippen LogP contribution is 2.66. The fourth-order valence-electron chi connectivity index (χ4n) is 4.61. The molecule has 0 aromatic heterocycles. The van der Waals surface area contributed by atoms with Gasteiger partial charge in [0.2, 0.25) is 5.91 Å². The van der Waals surface area contributed by atoms with E-state index in [4.69, 9.17) is 4.74 Å². The van der Waals surface area contributed by atoms with Gasteiger partial charge in [0.1, 0.15) is 6.04 Å². The van der Waals surface area contributed by atoms with E-state index in [1.165, 1.54) is 11.4 Å². The Balaban J connectivity index is 1.39. The van der Waals surface area contributed by atoms with Crippen molar-refractivity contribution in [1.29, 1.82) is 0 Å². The Hall–Kier alpha value is -3.60. The van der Waals surface area contributed by atoms with Crippen molar-refractivity contribution in [3.8, 4) is 0 Å². The van der Waals surface area contributed by atoms with Crippen molar-refractivity contribution in [2.45, 2.75) is 17.4 Å². The van der Waals surface area contributed by atoms with Gasteiger partial charge in [-0.05, 0) is 22.3 Å². The van der Waals surface area contributed by atoms with Crippen LogP contribution in [-0.4, -0.2) is 30.2 Å². The van der Waals surface area contributed by atoms with Crippen LogP contribution in [0, 0.1) is 0 Å². The lowest BCUT2D eigenvalue weighted by molar-refractivity contribution is -0.151. The van der Waals surface area contributed by atoms with E-state index in [-0.39, 0.29) is 17.6 Å². The molecule has 0 bridgehead atoms. The smallest absolute Gasteiger partial charge is 0.330 e. The van der Waals surface area contributed by atoms with Crippen LogP contribution in [0.4, 0.5) is 0 Å². The molecule has 1 N–H and O–H groups in total. The summed E-state index contributed by atoms with van der Waals surface area (Å²) in [6.45, 7) is 0. The number of benzene rings is 4. The number of carbonyl (C=O) groups excluding carboxylic acids is 2. The first-order valence-electron chi connectivity index (χ1n) is 12.5. The van der Waals surface area contributed by atoms with Gasteiger partial charge < -0.3 is 14.6 Å². The SMILES string of the molecule is O=C1C[P@@](=O)(SC(c2ccccc2)c2ccccc2)C[C@@H](C(=O)OC(c2ccccc2)c2ccccc2)N1. The average molecular weight is 542 g/mol. The highest BCUT2D eigenvalue weighted by atomic mass is 32.7. The van der Waals surface area contributed by atoms with Gasteiger partial charge in [0.15, 0.2) is 12.4 Å². The first-order chi connectivity index (χ1) is 18.5. The van der Waals surface area contributed by atoms with Gasteiger partial charge in [-0.3, -0.25) is 4.79 Å². The molecule has 1 aliphatic heterocycles. The number of rotatable bonds is 8. The average Bonchev–Trinajstić information content (AvgIpc) is 2.96. The standard InChI is InChI=1S/C31H28NO4PS/c33-28-22-37(35,38-30(25-17-9-3-10-18-25)26-19-11-4-12-20-26)21-27(32-28)31(34)36-29(23-13-5-1-6-14-23)24-15-7-2-8-16-24/h1-20,27,29-30H,21-22H2,(H,32,33)/t27-,37-/m0/s1. The van der Waals surface area contributed by atoms with Crippen LogP contribution in [0.3, 0.4) is 0 Å². The van der Waals surface area contributed by atoms with Gasteiger partial charge in [0.05, 0.1) is 11.4 Å². The van der Waals surface area contributed by atoms with Crippen LogP contribution >= 0.6 is 17.7 Å². The minimum absolute atomic E-state index is 0.0364. The second-order valence-corrected chi connectivity index (χ2v) is 14.8. The van der Waals surface area contributed by atoms with Crippen molar-refractivity contribution in [3.63, 3.8) is 0 Å². The topological polar surface area (TPSA) is 72.5 Å². The molecule has 4 aromatic carbocycles. The molecule has 1 fully saturated rings. The maximum Gasteiger partial charge on any atom is 0.330 e. The Morgan fingerprint density at radius 3 is 1.61 bits per heavy atom. The lowest BCUT2D eigenvalue weighted by Crippen LogP contribution is -2.49. The summed E-state index contributed by atoms with van der Waals surface area (Å²) in [5.74, 6) is -0.988. The van der Waals surface area contributed by atoms with E-state index >= 15 is 0 Å². The first-order valence-corrected chi connectivity index (χ1v) is 16.0. The Kier molecular flexibility index (Phi) is 8.11. The van der Waals surface area contributed by atoms with Crippen molar-refractivity contribution in [3.05, 3.63) is 144 Å². The minimum Gasteiger partial charge on any atom is -0.451 e. The van der Waals surface area contributed by atoms with E-state index in [9.17, 15) is 14.2 Å². The van der Waals surface area contributed by atoms with E-state index < -0.39 is 30.4 Å². The van der Waals surface area contributed by atoms with Crippen LogP contribution in [-0.2, 0) is 18.9 Å². The molecule has 0 unspecified atom stereocenters. The molecular weight excluding hydrogens is 513 g/mol. The quantitative estimate of drug-likeness (QED) is 0.201. The molecule has 0 spiro atoms. The van der Waals surface area contributed by atoms with E-state index in [0.717, 1.165) is 22.3 Å². The highest BCUT2D eigenvalue weighted by Gasteiger charge is 2.42. The van der Waals surface area contributed by atoms with Crippen molar-refractivity contribution >= 4 is 29.6 Å². The molecule has 1 amide bonds. The molecule has 1 heterocycles. The summed E-state index contributed by atoms with van der Waals surface area (Å²) in [4.78, 5) is 26.2. The fourth-order valence-corrected chi connectivity index (χ4v) is 10.3. The van der Waals surface area contributed by atoms with Gasteiger partial charge in [0.25, 0.3) is 0 Å². The van der Waals surface area contributed by atoms with Gasteiger partial charge in [-0.1, -0.05) is 133 Å². The number of amides is 1. The molecule has 4 aromatic rings. The Morgan fingerprint density at radius 1 is 0.737 bits per heavy atom. The monoisotopic (exact) mass is 541 g/mol. The van der Waals surface area contributed by atoms with E-state index in [1.54, 1.807) is 0 Å². The van der Waals surface area contributed by atoms with Crippen molar-refractivity contribution < 1.29 is 18.9 Å². The molecule has 5 rings (SSSR count). The lowest BCUT2D eigenvalue weighted by atomic mass is 10.0. The van der Waals surface area contributed by atoms with Crippen LogP contribution < -0.4 is 5.32 Å². The Bertz CT molecular complexity index is 1340. The van der Waals surface area contributed by atoms with Crippen LogP contribution in [0.5, 0.6) is 0 Å².